The molecule has 0 bridgehead atoms. The fraction of sp³-hybridized carbons (Fsp3) is 0. The summed E-state index contributed by atoms with van der Waals surface area (Å²) in [6.45, 7) is 0. The van der Waals surface area contributed by atoms with Gasteiger partial charge in [-0.15, -0.1) is 0 Å². The van der Waals surface area contributed by atoms with Gasteiger partial charge in [-0.2, -0.15) is 0 Å². The maximum atomic E-state index is 5.73. The molecule has 0 fully saturated rings. The van der Waals surface area contributed by atoms with Crippen molar-refractivity contribution >= 4 is 11.6 Å². The van der Waals surface area contributed by atoms with Crippen LogP contribution in [-0.2, 0) is 0 Å². The summed E-state index contributed by atoms with van der Waals surface area (Å²) in [4.78, 5) is 7.56. The van der Waals surface area contributed by atoms with Crippen molar-refractivity contribution < 1.29 is 4.74 Å². The summed E-state index contributed by atoms with van der Waals surface area (Å²) in [5.41, 5.74) is 0. The Morgan fingerprint density at radius 3 is 2.64 bits per heavy atom. The molecule has 0 N–H and O–H groups in total. The molecular formula is C10H6ClN2O. The van der Waals surface area contributed by atoms with Crippen LogP contribution in [0.5, 0.6) is 11.6 Å². The van der Waals surface area contributed by atoms with Gasteiger partial charge in [0.1, 0.15) is 12.1 Å². The van der Waals surface area contributed by atoms with Crippen molar-refractivity contribution in [2.24, 2.45) is 0 Å². The van der Waals surface area contributed by atoms with E-state index in [1.165, 1.54) is 6.33 Å². The number of hydrogen-bond donors (Lipinski definition) is 0. The first-order valence-corrected chi connectivity index (χ1v) is 4.34. The van der Waals surface area contributed by atoms with Crippen LogP contribution in [0, 0.1) is 6.20 Å². The molecule has 2 aromatic rings. The van der Waals surface area contributed by atoms with E-state index in [-0.39, 0.29) is 0 Å². The second kappa shape index (κ2) is 4.07. The average Bonchev–Trinajstić information content (AvgIpc) is 2.23. The van der Waals surface area contributed by atoms with E-state index in [1.807, 2.05) is 0 Å². The lowest BCUT2D eigenvalue weighted by Crippen LogP contribution is -1.87. The SMILES string of the molecule is Clc1ccc(Oc2c[c]ncn2)cc1. The van der Waals surface area contributed by atoms with Crippen LogP contribution < -0.4 is 4.74 Å². The van der Waals surface area contributed by atoms with E-state index in [1.54, 1.807) is 30.3 Å². The largest absolute Gasteiger partial charge is 0.439 e. The van der Waals surface area contributed by atoms with Gasteiger partial charge in [-0.25, -0.2) is 9.97 Å². The van der Waals surface area contributed by atoms with Crippen molar-refractivity contribution in [2.75, 3.05) is 0 Å². The Morgan fingerprint density at radius 2 is 2.00 bits per heavy atom. The standard InChI is InChI=1S/C10H6ClN2O/c11-8-1-3-9(4-2-8)14-10-5-6-12-7-13-10/h1-5,7H. The maximum absolute atomic E-state index is 5.73. The smallest absolute Gasteiger partial charge is 0.222 e. The molecule has 69 valence electrons. The summed E-state index contributed by atoms with van der Waals surface area (Å²) in [5, 5.41) is 0.673. The molecule has 2 rings (SSSR count). The highest BCUT2D eigenvalue weighted by atomic mass is 35.5. The molecule has 0 aliphatic carbocycles. The van der Waals surface area contributed by atoms with Crippen LogP contribution in [0.1, 0.15) is 0 Å². The summed E-state index contributed by atoms with van der Waals surface area (Å²) >= 11 is 5.73. The highest BCUT2D eigenvalue weighted by molar-refractivity contribution is 6.30. The van der Waals surface area contributed by atoms with E-state index < -0.39 is 0 Å². The number of nitrogens with zero attached hydrogens (tertiary/aromatic N) is 2. The molecule has 0 atom stereocenters. The number of ether oxygens (including phenoxy) is 1. The first-order valence-electron chi connectivity index (χ1n) is 3.96. The normalized spacial score (nSPS) is 9.79. The quantitative estimate of drug-likeness (QED) is 0.756. The second-order valence-corrected chi connectivity index (χ2v) is 2.98. The van der Waals surface area contributed by atoms with Gasteiger partial charge in [0.05, 0.1) is 6.20 Å². The van der Waals surface area contributed by atoms with Gasteiger partial charge in [0.25, 0.3) is 0 Å². The molecule has 0 amide bonds. The minimum absolute atomic E-state index is 0.460. The zero-order valence-electron chi connectivity index (χ0n) is 7.14. The topological polar surface area (TPSA) is 35.0 Å². The van der Waals surface area contributed by atoms with E-state index in [0.29, 0.717) is 16.7 Å². The van der Waals surface area contributed by atoms with Crippen LogP contribution in [0.25, 0.3) is 0 Å². The lowest BCUT2D eigenvalue weighted by molar-refractivity contribution is 0.461. The molecule has 0 spiro atoms. The molecule has 0 aliphatic heterocycles. The molecule has 0 aliphatic rings. The first-order chi connectivity index (χ1) is 6.84. The molecular weight excluding hydrogens is 200 g/mol. The van der Waals surface area contributed by atoms with Crippen LogP contribution >= 0.6 is 11.6 Å². The van der Waals surface area contributed by atoms with Crippen molar-refractivity contribution in [2.45, 2.75) is 0 Å². The van der Waals surface area contributed by atoms with Crippen LogP contribution in [-0.4, -0.2) is 9.97 Å². The van der Waals surface area contributed by atoms with Crippen molar-refractivity contribution in [1.82, 2.24) is 9.97 Å². The Balaban J connectivity index is 2.16. The minimum Gasteiger partial charge on any atom is -0.439 e. The van der Waals surface area contributed by atoms with Gasteiger partial charge in [0.15, 0.2) is 0 Å². The number of benzene rings is 1. The summed E-state index contributed by atoms with van der Waals surface area (Å²) in [6.07, 6.45) is 4.01. The van der Waals surface area contributed by atoms with Gasteiger partial charge in [-0.05, 0) is 24.3 Å². The lowest BCUT2D eigenvalue weighted by Gasteiger charge is -2.02. The van der Waals surface area contributed by atoms with Crippen LogP contribution in [0.3, 0.4) is 0 Å². The van der Waals surface area contributed by atoms with Gasteiger partial charge in [-0.1, -0.05) is 11.6 Å². The van der Waals surface area contributed by atoms with E-state index >= 15 is 0 Å². The average molecular weight is 206 g/mol. The van der Waals surface area contributed by atoms with Gasteiger partial charge in [0.2, 0.25) is 5.88 Å². The summed E-state index contributed by atoms with van der Waals surface area (Å²) in [6, 6.07) is 8.60. The monoisotopic (exact) mass is 205 g/mol. The van der Waals surface area contributed by atoms with Crippen LogP contribution in [0.2, 0.25) is 5.02 Å². The number of halogens is 1. The fourth-order valence-corrected chi connectivity index (χ4v) is 1.05. The molecule has 0 unspecified atom stereocenters. The Bertz CT molecular complexity index is 402. The Labute approximate surface area is 86.3 Å². The lowest BCUT2D eigenvalue weighted by atomic mass is 10.3. The zero-order valence-corrected chi connectivity index (χ0v) is 7.90. The number of rotatable bonds is 2. The number of hydrogen-bond acceptors (Lipinski definition) is 3. The molecule has 1 aromatic heterocycles. The van der Waals surface area contributed by atoms with Crippen LogP contribution in [0.4, 0.5) is 0 Å². The number of aromatic nitrogens is 2. The van der Waals surface area contributed by atoms with Crippen molar-refractivity contribution in [1.29, 1.82) is 0 Å². The van der Waals surface area contributed by atoms with Gasteiger partial charge in [0, 0.05) is 11.1 Å². The summed E-state index contributed by atoms with van der Waals surface area (Å²) < 4.78 is 5.39. The zero-order chi connectivity index (χ0) is 9.80. The van der Waals surface area contributed by atoms with Crippen molar-refractivity contribution in [3.63, 3.8) is 0 Å². The van der Waals surface area contributed by atoms with Crippen molar-refractivity contribution in [3.8, 4) is 11.6 Å². The molecule has 1 aromatic carbocycles. The van der Waals surface area contributed by atoms with Crippen LogP contribution in [0.15, 0.2) is 36.7 Å². The van der Waals surface area contributed by atoms with Gasteiger partial charge >= 0.3 is 0 Å². The Kier molecular flexibility index (Phi) is 2.60. The summed E-state index contributed by atoms with van der Waals surface area (Å²) in [7, 11) is 0. The predicted octanol–water partition coefficient (Wildman–Crippen LogP) is 2.72. The third-order valence-corrected chi connectivity index (χ3v) is 1.79. The molecule has 14 heavy (non-hydrogen) atoms. The predicted molar refractivity (Wildman–Crippen MR) is 52.4 cm³/mol. The molecule has 4 heteroatoms. The minimum atomic E-state index is 0.460. The molecule has 0 saturated carbocycles. The van der Waals surface area contributed by atoms with E-state index in [4.69, 9.17) is 16.3 Å². The van der Waals surface area contributed by atoms with Gasteiger partial charge in [-0.3, -0.25) is 0 Å². The van der Waals surface area contributed by atoms with E-state index in [0.717, 1.165) is 0 Å². The summed E-state index contributed by atoms with van der Waals surface area (Å²) in [5.74, 6) is 1.14. The fourth-order valence-electron chi connectivity index (χ4n) is 0.928. The highest BCUT2D eigenvalue weighted by Gasteiger charge is 1.96. The molecule has 3 nitrogen and oxygen atoms in total. The molecule has 1 heterocycles. The highest BCUT2D eigenvalue weighted by Crippen LogP contribution is 2.20. The third-order valence-electron chi connectivity index (χ3n) is 1.54. The maximum Gasteiger partial charge on any atom is 0.222 e. The molecule has 1 radical (unpaired) electrons. The first kappa shape index (κ1) is 8.97. The van der Waals surface area contributed by atoms with Gasteiger partial charge < -0.3 is 4.74 Å². The Hall–Kier alpha value is -1.61. The van der Waals surface area contributed by atoms with E-state index in [2.05, 4.69) is 16.2 Å². The molecule has 0 saturated heterocycles. The van der Waals surface area contributed by atoms with Crippen molar-refractivity contribution in [3.05, 3.63) is 47.9 Å². The second-order valence-electron chi connectivity index (χ2n) is 2.54. The third kappa shape index (κ3) is 2.20. The van der Waals surface area contributed by atoms with E-state index in [9.17, 15) is 0 Å². The Morgan fingerprint density at radius 1 is 1.21 bits per heavy atom.